The smallest absolute Gasteiger partial charge is 0.287 e. The fraction of sp³-hybridized carbons (Fsp3) is 0.297. The maximum absolute atomic E-state index is 13.5. The van der Waals surface area contributed by atoms with Crippen molar-refractivity contribution >= 4 is 27.4 Å². The predicted molar refractivity (Wildman–Crippen MR) is 192 cm³/mol. The van der Waals surface area contributed by atoms with Crippen molar-refractivity contribution in [2.45, 2.75) is 29.9 Å². The number of aromatic nitrogens is 1. The predicted octanol–water partition coefficient (Wildman–Crippen LogP) is 4.21. The molecule has 14 nitrogen and oxygen atoms in total. The number of nitro groups is 1. The third kappa shape index (κ3) is 8.23. The first-order valence-corrected chi connectivity index (χ1v) is 18.2. The molecule has 6 rings (SSSR count). The maximum Gasteiger partial charge on any atom is 0.287 e. The first-order valence-electron chi connectivity index (χ1n) is 16.8. The normalized spacial score (nSPS) is 16.3. The summed E-state index contributed by atoms with van der Waals surface area (Å²) >= 11 is 0. The number of hydrogen-bond donors (Lipinski definition) is 3. The second kappa shape index (κ2) is 16.3. The van der Waals surface area contributed by atoms with Crippen molar-refractivity contribution in [3.63, 3.8) is 0 Å². The van der Waals surface area contributed by atoms with E-state index in [4.69, 9.17) is 14.2 Å². The van der Waals surface area contributed by atoms with Crippen LogP contribution >= 0.6 is 0 Å². The van der Waals surface area contributed by atoms with Crippen molar-refractivity contribution in [3.8, 4) is 16.9 Å². The minimum Gasteiger partial charge on any atom is -0.497 e. The van der Waals surface area contributed by atoms with E-state index in [0.717, 1.165) is 28.0 Å². The van der Waals surface area contributed by atoms with Gasteiger partial charge in [0.15, 0.2) is 5.76 Å². The molecule has 15 heteroatoms. The van der Waals surface area contributed by atoms with Gasteiger partial charge in [-0.25, -0.2) is 13.4 Å². The first-order chi connectivity index (χ1) is 25.2. The lowest BCUT2D eigenvalue weighted by Gasteiger charge is -2.31. The number of amides is 1. The van der Waals surface area contributed by atoms with Gasteiger partial charge in [0, 0.05) is 44.6 Å². The van der Waals surface area contributed by atoms with E-state index in [1.54, 1.807) is 18.2 Å². The van der Waals surface area contributed by atoms with E-state index in [-0.39, 0.29) is 55.1 Å². The quantitative estimate of drug-likeness (QED) is 0.0752. The Morgan fingerprint density at radius 1 is 1.04 bits per heavy atom. The molecule has 52 heavy (non-hydrogen) atoms. The lowest BCUT2D eigenvalue weighted by Crippen LogP contribution is -2.38. The molecule has 1 aromatic heterocycles. The Morgan fingerprint density at radius 3 is 2.56 bits per heavy atom. The van der Waals surface area contributed by atoms with Crippen LogP contribution in [0.3, 0.4) is 0 Å². The van der Waals surface area contributed by atoms with E-state index in [1.165, 1.54) is 48.1 Å². The standard InChI is InChI=1S/C37H39N5O9S/c1-49-28-10-12-29(13-11-28)52(47,48)41(17-19-43)18-20-50-36-23-26(31-7-4-8-32-30-6-3-2-5-25(30)21-33(31)32)22-34(51-36)37(44)39-16-15-38-35-14-9-27(24-40-35)42(45)46/h2-14,22,24,26,36,43H,15-21,23H2,1H3,(H,38,40)(H,39,44)/t26-,36+/m0/s1. The van der Waals surface area contributed by atoms with Gasteiger partial charge in [-0.2, -0.15) is 4.31 Å². The number of hydrogen-bond acceptors (Lipinski definition) is 11. The molecule has 0 unspecified atom stereocenters. The number of nitrogens with one attached hydrogen (secondary N) is 2. The van der Waals surface area contributed by atoms with Crippen LogP contribution in [0.4, 0.5) is 11.5 Å². The number of carbonyl (C=O) groups excluding carboxylic acids is 1. The van der Waals surface area contributed by atoms with Crippen LogP contribution in [0.2, 0.25) is 0 Å². The summed E-state index contributed by atoms with van der Waals surface area (Å²) in [7, 11) is -2.47. The molecule has 3 N–H and O–H groups in total. The van der Waals surface area contributed by atoms with Gasteiger partial charge >= 0.3 is 0 Å². The number of aliphatic hydroxyl groups excluding tert-OH is 1. The van der Waals surface area contributed by atoms with Crippen LogP contribution in [0, 0.1) is 10.1 Å². The van der Waals surface area contributed by atoms with Crippen LogP contribution in [0.25, 0.3) is 11.1 Å². The summed E-state index contributed by atoms with van der Waals surface area (Å²) in [4.78, 5) is 27.9. The number of ether oxygens (including phenoxy) is 3. The molecule has 0 saturated carbocycles. The molecule has 2 heterocycles. The number of nitrogens with zero attached hydrogens (tertiary/aromatic N) is 3. The Labute approximate surface area is 301 Å². The molecule has 0 spiro atoms. The van der Waals surface area contributed by atoms with Crippen LogP contribution in [0.5, 0.6) is 5.75 Å². The molecule has 0 bridgehead atoms. The number of benzene rings is 3. The molecule has 4 aromatic rings. The Balaban J connectivity index is 1.16. The molecular weight excluding hydrogens is 691 g/mol. The van der Waals surface area contributed by atoms with Crippen molar-refractivity contribution < 1.29 is 37.5 Å². The summed E-state index contributed by atoms with van der Waals surface area (Å²) < 4.78 is 45.4. The molecular formula is C37H39N5O9S. The lowest BCUT2D eigenvalue weighted by atomic mass is 9.87. The zero-order valence-electron chi connectivity index (χ0n) is 28.4. The molecule has 0 fully saturated rings. The van der Waals surface area contributed by atoms with Gasteiger partial charge in [-0.05, 0) is 70.6 Å². The number of carbonyl (C=O) groups is 1. The maximum atomic E-state index is 13.5. The molecule has 2 atom stereocenters. The van der Waals surface area contributed by atoms with E-state index in [1.807, 2.05) is 18.2 Å². The summed E-state index contributed by atoms with van der Waals surface area (Å²) in [5.74, 6) is 0.295. The number of pyridine rings is 1. The van der Waals surface area contributed by atoms with Gasteiger partial charge in [0.25, 0.3) is 11.6 Å². The van der Waals surface area contributed by atoms with Crippen molar-refractivity contribution in [2.24, 2.45) is 0 Å². The number of fused-ring (bicyclic) bond motifs is 3. The van der Waals surface area contributed by atoms with E-state index in [2.05, 4.69) is 39.9 Å². The largest absolute Gasteiger partial charge is 0.497 e. The highest BCUT2D eigenvalue weighted by Gasteiger charge is 2.32. The molecule has 272 valence electrons. The monoisotopic (exact) mass is 729 g/mol. The number of allylic oxidation sites excluding steroid dienone is 1. The van der Waals surface area contributed by atoms with Gasteiger partial charge in [-0.3, -0.25) is 14.9 Å². The van der Waals surface area contributed by atoms with Crippen LogP contribution in [0.1, 0.15) is 29.0 Å². The number of rotatable bonds is 16. The zero-order chi connectivity index (χ0) is 36.7. The SMILES string of the molecule is COc1ccc(S(=O)(=O)N(CCO)CCO[C@H]2C[C@@H](c3cccc4c3Cc3ccccc3-4)C=C(C(=O)NCCNc3ccc([N+](=O)[O-])cn3)O2)cc1. The van der Waals surface area contributed by atoms with Gasteiger partial charge in [0.05, 0.1) is 30.1 Å². The second-order valence-corrected chi connectivity index (χ2v) is 14.1. The fourth-order valence-electron chi connectivity index (χ4n) is 6.36. The molecule has 2 aliphatic rings. The summed E-state index contributed by atoms with van der Waals surface area (Å²) in [6.07, 6.45) is 3.20. The zero-order valence-corrected chi connectivity index (χ0v) is 29.3. The van der Waals surface area contributed by atoms with Gasteiger partial charge in [-0.1, -0.05) is 42.5 Å². The fourth-order valence-corrected chi connectivity index (χ4v) is 7.78. The van der Waals surface area contributed by atoms with Gasteiger partial charge in [0.2, 0.25) is 16.3 Å². The minimum atomic E-state index is -3.96. The minimum absolute atomic E-state index is 0.0513. The Bertz CT molecular complexity index is 2040. The molecule has 1 amide bonds. The molecule has 0 saturated heterocycles. The number of anilines is 1. The van der Waals surface area contributed by atoms with Gasteiger partial charge in [-0.15, -0.1) is 0 Å². The van der Waals surface area contributed by atoms with E-state index in [9.17, 15) is 28.4 Å². The summed E-state index contributed by atoms with van der Waals surface area (Å²) in [5, 5.41) is 26.4. The van der Waals surface area contributed by atoms with Crippen LogP contribution in [-0.4, -0.2) is 86.4 Å². The van der Waals surface area contributed by atoms with E-state index < -0.39 is 27.1 Å². The molecule has 0 radical (unpaired) electrons. The summed E-state index contributed by atoms with van der Waals surface area (Å²) in [6, 6.07) is 23.2. The lowest BCUT2D eigenvalue weighted by molar-refractivity contribution is -0.385. The highest BCUT2D eigenvalue weighted by molar-refractivity contribution is 7.89. The van der Waals surface area contributed by atoms with E-state index in [0.29, 0.717) is 24.5 Å². The summed E-state index contributed by atoms with van der Waals surface area (Å²) in [6.45, 7) is -0.166. The number of methoxy groups -OCH3 is 1. The second-order valence-electron chi connectivity index (χ2n) is 12.1. The average Bonchev–Trinajstić information content (AvgIpc) is 3.55. The number of aliphatic hydroxyl groups is 1. The Morgan fingerprint density at radius 2 is 1.83 bits per heavy atom. The molecule has 1 aliphatic heterocycles. The third-order valence-corrected chi connectivity index (χ3v) is 10.8. The van der Waals surface area contributed by atoms with Crippen LogP contribution < -0.4 is 15.4 Å². The third-order valence-electron chi connectivity index (χ3n) is 8.93. The van der Waals surface area contributed by atoms with Gasteiger partial charge in [0.1, 0.15) is 17.8 Å². The average molecular weight is 730 g/mol. The van der Waals surface area contributed by atoms with Crippen molar-refractivity contribution in [2.75, 3.05) is 51.8 Å². The molecule has 3 aromatic carbocycles. The highest BCUT2D eigenvalue weighted by Crippen LogP contribution is 2.43. The Kier molecular flexibility index (Phi) is 11.4. The highest BCUT2D eigenvalue weighted by atomic mass is 32.2. The molecule has 1 aliphatic carbocycles. The number of sulfonamides is 1. The first kappa shape index (κ1) is 36.4. The topological polar surface area (TPSA) is 182 Å². The van der Waals surface area contributed by atoms with Crippen molar-refractivity contribution in [1.82, 2.24) is 14.6 Å². The van der Waals surface area contributed by atoms with Crippen LogP contribution in [-0.2, 0) is 30.7 Å². The Hall–Kier alpha value is -5.35. The van der Waals surface area contributed by atoms with Crippen molar-refractivity contribution in [1.29, 1.82) is 0 Å². The van der Waals surface area contributed by atoms with E-state index >= 15 is 0 Å². The summed E-state index contributed by atoms with van der Waals surface area (Å²) in [5.41, 5.74) is 5.64. The van der Waals surface area contributed by atoms with Crippen LogP contribution in [0.15, 0.2) is 102 Å². The van der Waals surface area contributed by atoms with Crippen molar-refractivity contribution in [3.05, 3.63) is 124 Å². The van der Waals surface area contributed by atoms with Gasteiger partial charge < -0.3 is 30.0 Å².